The first kappa shape index (κ1) is 11.7. The lowest BCUT2D eigenvalue weighted by molar-refractivity contribution is 0.417. The summed E-state index contributed by atoms with van der Waals surface area (Å²) in [5.74, 6) is 1.12. The lowest BCUT2D eigenvalue weighted by Gasteiger charge is -2.23. The largest absolute Gasteiger partial charge is 0.297 e. The molecule has 4 nitrogen and oxygen atoms in total. The Balaban J connectivity index is 2.24. The molecule has 1 atom stereocenters. The van der Waals surface area contributed by atoms with E-state index >= 15 is 0 Å². The van der Waals surface area contributed by atoms with Gasteiger partial charge in [-0.1, -0.05) is 20.8 Å². The highest BCUT2D eigenvalue weighted by molar-refractivity contribution is 5.71. The van der Waals surface area contributed by atoms with Gasteiger partial charge in [-0.05, 0) is 31.5 Å². The smallest absolute Gasteiger partial charge is 0.161 e. The molecule has 0 aliphatic carbocycles. The standard InChI is InChI=1S/C14H20N4/c1-14(2,3)13-17-10-6-4-9-16-12(10)18(13)11-7-5-8-15-11/h4,6,9,11,15H,5,7-8H2,1-3H3. The molecule has 96 valence electrons. The van der Waals surface area contributed by atoms with E-state index in [2.05, 4.69) is 35.6 Å². The van der Waals surface area contributed by atoms with Gasteiger partial charge in [0, 0.05) is 11.6 Å². The van der Waals surface area contributed by atoms with Crippen LogP contribution >= 0.6 is 0 Å². The number of imidazole rings is 1. The van der Waals surface area contributed by atoms with Gasteiger partial charge in [-0.2, -0.15) is 0 Å². The van der Waals surface area contributed by atoms with Gasteiger partial charge < -0.3 is 0 Å². The second kappa shape index (κ2) is 4.05. The van der Waals surface area contributed by atoms with Crippen molar-refractivity contribution in [3.05, 3.63) is 24.2 Å². The van der Waals surface area contributed by atoms with Crippen molar-refractivity contribution in [1.82, 2.24) is 19.9 Å². The van der Waals surface area contributed by atoms with Gasteiger partial charge in [0.1, 0.15) is 11.3 Å². The lowest BCUT2D eigenvalue weighted by atomic mass is 9.95. The molecule has 1 fully saturated rings. The Hall–Kier alpha value is -1.42. The van der Waals surface area contributed by atoms with Crippen molar-refractivity contribution in [3.8, 4) is 0 Å². The molecule has 1 unspecified atom stereocenters. The van der Waals surface area contributed by atoms with Gasteiger partial charge in [-0.15, -0.1) is 0 Å². The number of hydrogen-bond donors (Lipinski definition) is 1. The molecule has 1 aliphatic heterocycles. The van der Waals surface area contributed by atoms with Crippen molar-refractivity contribution in [3.63, 3.8) is 0 Å². The summed E-state index contributed by atoms with van der Waals surface area (Å²) in [6, 6.07) is 4.00. The molecular formula is C14H20N4. The molecule has 18 heavy (non-hydrogen) atoms. The Kier molecular flexibility index (Phi) is 2.63. The first-order chi connectivity index (χ1) is 8.57. The van der Waals surface area contributed by atoms with Gasteiger partial charge in [0.2, 0.25) is 0 Å². The topological polar surface area (TPSA) is 42.7 Å². The quantitative estimate of drug-likeness (QED) is 0.838. The minimum atomic E-state index is 0.0327. The van der Waals surface area contributed by atoms with Gasteiger partial charge >= 0.3 is 0 Å². The van der Waals surface area contributed by atoms with E-state index in [1.807, 2.05) is 18.3 Å². The van der Waals surface area contributed by atoms with E-state index in [1.54, 1.807) is 0 Å². The molecule has 1 aliphatic rings. The summed E-state index contributed by atoms with van der Waals surface area (Å²) in [5, 5.41) is 3.55. The molecule has 1 saturated heterocycles. The van der Waals surface area contributed by atoms with E-state index in [1.165, 1.54) is 6.42 Å². The van der Waals surface area contributed by atoms with Crippen molar-refractivity contribution >= 4 is 11.2 Å². The SMILES string of the molecule is CC(C)(C)c1nc2cccnc2n1C1CCCN1. The molecule has 0 bridgehead atoms. The van der Waals surface area contributed by atoms with E-state index in [4.69, 9.17) is 4.98 Å². The third kappa shape index (κ3) is 1.81. The third-order valence-electron chi connectivity index (χ3n) is 3.47. The molecule has 0 amide bonds. The predicted octanol–water partition coefficient (Wildman–Crippen LogP) is 2.61. The van der Waals surface area contributed by atoms with E-state index in [0.29, 0.717) is 6.17 Å². The van der Waals surface area contributed by atoms with E-state index in [0.717, 1.165) is 30.0 Å². The molecule has 0 radical (unpaired) electrons. The number of rotatable bonds is 1. The fourth-order valence-electron chi connectivity index (χ4n) is 2.64. The molecule has 3 heterocycles. The number of hydrogen-bond acceptors (Lipinski definition) is 3. The van der Waals surface area contributed by atoms with Crippen LogP contribution in [0.5, 0.6) is 0 Å². The van der Waals surface area contributed by atoms with Crippen LogP contribution in [-0.4, -0.2) is 21.1 Å². The summed E-state index contributed by atoms with van der Waals surface area (Å²) in [6.07, 6.45) is 4.58. The molecule has 1 N–H and O–H groups in total. The summed E-state index contributed by atoms with van der Waals surface area (Å²) < 4.78 is 2.29. The fraction of sp³-hybridized carbons (Fsp3) is 0.571. The Morgan fingerprint density at radius 2 is 2.22 bits per heavy atom. The van der Waals surface area contributed by atoms with Crippen LogP contribution in [0.15, 0.2) is 18.3 Å². The summed E-state index contributed by atoms with van der Waals surface area (Å²) >= 11 is 0. The summed E-state index contributed by atoms with van der Waals surface area (Å²) in [5.41, 5.74) is 2.03. The molecule has 3 rings (SSSR count). The maximum absolute atomic E-state index is 4.79. The highest BCUT2D eigenvalue weighted by atomic mass is 15.3. The van der Waals surface area contributed by atoms with Crippen LogP contribution in [0.2, 0.25) is 0 Å². The van der Waals surface area contributed by atoms with Crippen molar-refractivity contribution in [1.29, 1.82) is 0 Å². The average molecular weight is 244 g/mol. The Morgan fingerprint density at radius 1 is 1.39 bits per heavy atom. The number of aromatic nitrogens is 3. The van der Waals surface area contributed by atoms with E-state index in [9.17, 15) is 0 Å². The van der Waals surface area contributed by atoms with Crippen molar-refractivity contribution in [2.24, 2.45) is 0 Å². The van der Waals surface area contributed by atoms with Crippen molar-refractivity contribution in [2.45, 2.75) is 45.2 Å². The van der Waals surface area contributed by atoms with Crippen molar-refractivity contribution in [2.75, 3.05) is 6.54 Å². The van der Waals surface area contributed by atoms with Crippen molar-refractivity contribution < 1.29 is 0 Å². The minimum Gasteiger partial charge on any atom is -0.297 e. The molecule has 0 spiro atoms. The number of pyridine rings is 1. The van der Waals surface area contributed by atoms with Gasteiger partial charge in [0.15, 0.2) is 5.65 Å². The zero-order valence-electron chi connectivity index (χ0n) is 11.3. The molecule has 2 aromatic heterocycles. The number of nitrogens with zero attached hydrogens (tertiary/aromatic N) is 3. The maximum Gasteiger partial charge on any atom is 0.161 e. The zero-order valence-corrected chi connectivity index (χ0v) is 11.3. The summed E-state index contributed by atoms with van der Waals surface area (Å²) in [6.45, 7) is 7.71. The lowest BCUT2D eigenvalue weighted by Crippen LogP contribution is -2.27. The second-order valence-electron chi connectivity index (χ2n) is 6.01. The molecule has 2 aromatic rings. The Morgan fingerprint density at radius 3 is 2.89 bits per heavy atom. The summed E-state index contributed by atoms with van der Waals surface area (Å²) in [7, 11) is 0. The van der Waals surface area contributed by atoms with E-state index in [-0.39, 0.29) is 5.41 Å². The summed E-state index contributed by atoms with van der Waals surface area (Å²) in [4.78, 5) is 9.31. The number of nitrogens with one attached hydrogen (secondary N) is 1. The highest BCUT2D eigenvalue weighted by Crippen LogP contribution is 2.30. The monoisotopic (exact) mass is 244 g/mol. The van der Waals surface area contributed by atoms with Gasteiger partial charge in [0.25, 0.3) is 0 Å². The van der Waals surface area contributed by atoms with Crippen LogP contribution in [0.4, 0.5) is 0 Å². The van der Waals surface area contributed by atoms with Gasteiger partial charge in [-0.3, -0.25) is 9.88 Å². The molecular weight excluding hydrogens is 224 g/mol. The minimum absolute atomic E-state index is 0.0327. The first-order valence-corrected chi connectivity index (χ1v) is 6.64. The van der Waals surface area contributed by atoms with Gasteiger partial charge in [-0.25, -0.2) is 9.97 Å². The third-order valence-corrected chi connectivity index (χ3v) is 3.47. The Bertz CT molecular complexity index is 559. The van der Waals surface area contributed by atoms with Crippen LogP contribution in [0, 0.1) is 0 Å². The maximum atomic E-state index is 4.79. The van der Waals surface area contributed by atoms with Gasteiger partial charge in [0.05, 0.1) is 6.17 Å². The Labute approximate surface area is 107 Å². The second-order valence-corrected chi connectivity index (χ2v) is 6.01. The van der Waals surface area contributed by atoms with Crippen LogP contribution in [0.1, 0.15) is 45.6 Å². The van der Waals surface area contributed by atoms with E-state index < -0.39 is 0 Å². The number of fused-ring (bicyclic) bond motifs is 1. The van der Waals surface area contributed by atoms with Crippen LogP contribution < -0.4 is 5.32 Å². The average Bonchev–Trinajstić information content (AvgIpc) is 2.94. The zero-order chi connectivity index (χ0) is 12.8. The normalized spacial score (nSPS) is 20.7. The van der Waals surface area contributed by atoms with Crippen LogP contribution in [0.25, 0.3) is 11.2 Å². The highest BCUT2D eigenvalue weighted by Gasteiger charge is 2.28. The fourth-order valence-corrected chi connectivity index (χ4v) is 2.64. The van der Waals surface area contributed by atoms with Crippen LogP contribution in [-0.2, 0) is 5.41 Å². The molecule has 0 aromatic carbocycles. The first-order valence-electron chi connectivity index (χ1n) is 6.64. The predicted molar refractivity (Wildman–Crippen MR) is 72.5 cm³/mol. The van der Waals surface area contributed by atoms with Crippen LogP contribution in [0.3, 0.4) is 0 Å². The molecule has 4 heteroatoms. The molecule has 0 saturated carbocycles.